The Morgan fingerprint density at radius 1 is 1.12 bits per heavy atom. The Kier molecular flexibility index (Phi) is 7.15. The second kappa shape index (κ2) is 9.36. The molecular formula is C20H23ClN2O7S2. The Hall–Kier alpha value is -2.18. The molecule has 2 aromatic carbocycles. The Morgan fingerprint density at radius 3 is 2.22 bits per heavy atom. The van der Waals surface area contributed by atoms with E-state index in [4.69, 9.17) is 21.5 Å². The zero-order valence-electron chi connectivity index (χ0n) is 17.2. The molecule has 32 heavy (non-hydrogen) atoms. The van der Waals surface area contributed by atoms with Gasteiger partial charge in [0.05, 0.1) is 18.4 Å². The van der Waals surface area contributed by atoms with E-state index in [9.17, 15) is 21.6 Å². The van der Waals surface area contributed by atoms with Crippen LogP contribution in [0.5, 0.6) is 11.5 Å². The number of carbonyl (C=O) groups is 1. The average molecular weight is 503 g/mol. The van der Waals surface area contributed by atoms with E-state index in [1.165, 1.54) is 17.6 Å². The number of carbonyl (C=O) groups excluding carboxylic acids is 1. The first-order valence-electron chi connectivity index (χ1n) is 9.61. The van der Waals surface area contributed by atoms with Gasteiger partial charge >= 0.3 is 0 Å². The lowest BCUT2D eigenvalue weighted by molar-refractivity contribution is -0.130. The average Bonchev–Trinajstić information content (AvgIpc) is 2.86. The molecule has 0 radical (unpaired) electrons. The maximum absolute atomic E-state index is 13.3. The smallest absolute Gasteiger partial charge is 0.245 e. The highest BCUT2D eigenvalue weighted by atomic mass is 35.5. The van der Waals surface area contributed by atoms with Crippen LogP contribution in [-0.2, 0) is 29.4 Å². The van der Waals surface area contributed by atoms with Crippen molar-refractivity contribution in [2.75, 3.05) is 25.1 Å². The Labute approximate surface area is 191 Å². The van der Waals surface area contributed by atoms with E-state index in [1.807, 2.05) is 0 Å². The van der Waals surface area contributed by atoms with E-state index >= 15 is 0 Å². The first-order chi connectivity index (χ1) is 15.0. The van der Waals surface area contributed by atoms with Gasteiger partial charge in [-0.1, -0.05) is 23.7 Å². The van der Waals surface area contributed by atoms with Crippen LogP contribution in [0.3, 0.4) is 0 Å². The van der Waals surface area contributed by atoms with E-state index < -0.39 is 42.7 Å². The molecule has 1 heterocycles. The first kappa shape index (κ1) is 24.5. The summed E-state index contributed by atoms with van der Waals surface area (Å²) in [5, 5.41) is 9.60. The Bertz CT molecular complexity index is 1180. The SMILES string of the molecule is CS(=O)(=O)N1CCC(CC(=O)NO)(c2ccc(Oc3ccc(Cl)cc3)cc2)S(=O)(=O)CC1. The van der Waals surface area contributed by atoms with Crippen LogP contribution in [0, 0.1) is 0 Å². The number of rotatable bonds is 6. The topological polar surface area (TPSA) is 130 Å². The summed E-state index contributed by atoms with van der Waals surface area (Å²) in [6.45, 7) is -0.290. The lowest BCUT2D eigenvalue weighted by Crippen LogP contribution is -2.42. The predicted molar refractivity (Wildman–Crippen MR) is 119 cm³/mol. The maximum atomic E-state index is 13.3. The normalized spacial score (nSPS) is 21.5. The van der Waals surface area contributed by atoms with Crippen LogP contribution >= 0.6 is 11.6 Å². The quantitative estimate of drug-likeness (QED) is 0.457. The summed E-state index contributed by atoms with van der Waals surface area (Å²) in [5.74, 6) is -0.381. The number of hydrogen-bond acceptors (Lipinski definition) is 7. The van der Waals surface area contributed by atoms with Crippen molar-refractivity contribution in [1.82, 2.24) is 9.79 Å². The van der Waals surface area contributed by atoms with Gasteiger partial charge < -0.3 is 4.74 Å². The summed E-state index contributed by atoms with van der Waals surface area (Å²) in [6.07, 6.45) is 0.310. The van der Waals surface area contributed by atoms with Crippen molar-refractivity contribution in [1.29, 1.82) is 0 Å². The molecule has 12 heteroatoms. The van der Waals surface area contributed by atoms with Gasteiger partial charge in [0, 0.05) is 18.1 Å². The molecule has 1 aliphatic rings. The third kappa shape index (κ3) is 5.24. The fourth-order valence-electron chi connectivity index (χ4n) is 3.71. The molecule has 1 fully saturated rings. The number of nitrogens with one attached hydrogen (secondary N) is 1. The molecule has 1 saturated heterocycles. The van der Waals surface area contributed by atoms with Gasteiger partial charge in [0.2, 0.25) is 15.9 Å². The van der Waals surface area contributed by atoms with Gasteiger partial charge in [0.1, 0.15) is 16.2 Å². The third-order valence-electron chi connectivity index (χ3n) is 5.44. The molecule has 0 saturated carbocycles. The molecule has 0 aromatic heterocycles. The molecule has 2 N–H and O–H groups in total. The molecule has 1 amide bonds. The number of nitrogens with zero attached hydrogens (tertiary/aromatic N) is 1. The van der Waals surface area contributed by atoms with Gasteiger partial charge in [-0.25, -0.2) is 26.6 Å². The van der Waals surface area contributed by atoms with E-state index in [2.05, 4.69) is 0 Å². The van der Waals surface area contributed by atoms with Crippen molar-refractivity contribution in [3.63, 3.8) is 0 Å². The second-order valence-electron chi connectivity index (χ2n) is 7.52. The minimum absolute atomic E-state index is 0.0835. The van der Waals surface area contributed by atoms with Gasteiger partial charge in [-0.05, 0) is 48.4 Å². The summed E-state index contributed by atoms with van der Waals surface area (Å²) < 4.78 is 55.8. The van der Waals surface area contributed by atoms with E-state index in [1.54, 1.807) is 36.4 Å². The third-order valence-corrected chi connectivity index (χ3v) is 9.49. The maximum Gasteiger partial charge on any atom is 0.245 e. The summed E-state index contributed by atoms with van der Waals surface area (Å²) in [6, 6.07) is 12.9. The number of sulfone groups is 1. The number of halogens is 1. The molecule has 1 atom stereocenters. The molecule has 0 spiro atoms. The number of hydroxylamine groups is 1. The number of ether oxygens (including phenoxy) is 1. The zero-order valence-corrected chi connectivity index (χ0v) is 19.6. The van der Waals surface area contributed by atoms with Gasteiger partial charge in [-0.3, -0.25) is 10.0 Å². The lowest BCUT2D eigenvalue weighted by atomic mass is 9.90. The van der Waals surface area contributed by atoms with Crippen LogP contribution in [0.15, 0.2) is 48.5 Å². The highest BCUT2D eigenvalue weighted by molar-refractivity contribution is 7.92. The van der Waals surface area contributed by atoms with Gasteiger partial charge in [0.15, 0.2) is 9.84 Å². The molecule has 9 nitrogen and oxygen atoms in total. The highest BCUT2D eigenvalue weighted by Crippen LogP contribution is 2.41. The molecule has 0 aliphatic carbocycles. The molecule has 3 rings (SSSR count). The van der Waals surface area contributed by atoms with Crippen molar-refractivity contribution >= 4 is 37.4 Å². The standard InChI is InChI=1S/C20H23ClN2O7S2/c1-31(26,27)23-11-10-20(14-19(24)22-25,32(28,29)13-12-23)15-2-6-17(7-3-15)30-18-8-4-16(21)5-9-18/h2-9,25H,10-14H2,1H3,(H,22,24). The van der Waals surface area contributed by atoms with Crippen LogP contribution < -0.4 is 10.2 Å². The number of hydrogen-bond donors (Lipinski definition) is 2. The summed E-state index contributed by atoms with van der Waals surface area (Å²) in [7, 11) is -7.60. The largest absolute Gasteiger partial charge is 0.457 e. The van der Waals surface area contributed by atoms with Crippen molar-refractivity contribution < 1.29 is 31.6 Å². The Morgan fingerprint density at radius 2 is 1.69 bits per heavy atom. The number of benzene rings is 2. The molecule has 174 valence electrons. The van der Waals surface area contributed by atoms with E-state index in [0.717, 1.165) is 10.6 Å². The highest BCUT2D eigenvalue weighted by Gasteiger charge is 2.49. The minimum atomic E-state index is -3.98. The van der Waals surface area contributed by atoms with Gasteiger partial charge in [-0.2, -0.15) is 0 Å². The first-order valence-corrected chi connectivity index (χ1v) is 13.5. The fourth-order valence-corrected chi connectivity index (χ4v) is 6.90. The summed E-state index contributed by atoms with van der Waals surface area (Å²) in [5.41, 5.74) is 1.79. The molecule has 1 unspecified atom stereocenters. The lowest BCUT2D eigenvalue weighted by Gasteiger charge is -2.32. The molecule has 0 bridgehead atoms. The van der Waals surface area contributed by atoms with Gasteiger partial charge in [-0.15, -0.1) is 0 Å². The van der Waals surface area contributed by atoms with Crippen molar-refractivity contribution in [2.24, 2.45) is 0 Å². The zero-order chi connectivity index (χ0) is 23.6. The van der Waals surface area contributed by atoms with Crippen LogP contribution in [0.2, 0.25) is 5.02 Å². The number of amides is 1. The van der Waals surface area contributed by atoms with Gasteiger partial charge in [0.25, 0.3) is 0 Å². The van der Waals surface area contributed by atoms with E-state index in [-0.39, 0.29) is 19.5 Å². The molecule has 2 aromatic rings. The van der Waals surface area contributed by atoms with Crippen LogP contribution in [0.25, 0.3) is 0 Å². The summed E-state index contributed by atoms with van der Waals surface area (Å²) >= 11 is 5.86. The van der Waals surface area contributed by atoms with Crippen molar-refractivity contribution in [3.8, 4) is 11.5 Å². The van der Waals surface area contributed by atoms with E-state index in [0.29, 0.717) is 22.1 Å². The van der Waals surface area contributed by atoms with Crippen LogP contribution in [-0.4, -0.2) is 57.4 Å². The monoisotopic (exact) mass is 502 g/mol. The van der Waals surface area contributed by atoms with Crippen LogP contribution in [0.1, 0.15) is 18.4 Å². The molecule has 1 aliphatic heterocycles. The van der Waals surface area contributed by atoms with Crippen molar-refractivity contribution in [2.45, 2.75) is 17.6 Å². The van der Waals surface area contributed by atoms with Crippen LogP contribution in [0.4, 0.5) is 0 Å². The minimum Gasteiger partial charge on any atom is -0.457 e. The fraction of sp³-hybridized carbons (Fsp3) is 0.350. The summed E-state index contributed by atoms with van der Waals surface area (Å²) in [4.78, 5) is 12.1. The second-order valence-corrected chi connectivity index (χ2v) is 12.4. The molecular weight excluding hydrogens is 480 g/mol. The Balaban J connectivity index is 1.99. The van der Waals surface area contributed by atoms with Crippen molar-refractivity contribution in [3.05, 3.63) is 59.1 Å². The number of sulfonamides is 1. The predicted octanol–water partition coefficient (Wildman–Crippen LogP) is 2.30.